The van der Waals surface area contributed by atoms with Gasteiger partial charge in [-0.25, -0.2) is 0 Å². The van der Waals surface area contributed by atoms with Crippen LogP contribution in [-0.2, 0) is 19.1 Å². The Balaban J connectivity index is 1.76. The van der Waals surface area contributed by atoms with Crippen LogP contribution in [0.4, 0.5) is 5.69 Å². The van der Waals surface area contributed by atoms with Gasteiger partial charge in [0.05, 0.1) is 0 Å². The number of ketones is 2. The SMILES string of the molecule is CCC[CH2][Sn]([CH2]CCC)([CH2]CCC)[c]1ccc(N(CCCCC2(C(C)=O)COC(c3ccccc3)=N2)C(=O)C(C)=O)cc1. The Morgan fingerprint density at radius 1 is 0.814 bits per heavy atom. The second-order valence-corrected chi connectivity index (χ2v) is 25.5. The van der Waals surface area contributed by atoms with Crippen molar-refractivity contribution in [3.8, 4) is 0 Å². The number of Topliss-reactive ketones (excluding diaryl/α,β-unsaturated/α-hetero) is 2. The zero-order valence-electron chi connectivity index (χ0n) is 27.1. The van der Waals surface area contributed by atoms with Gasteiger partial charge in [0, 0.05) is 5.56 Å². The molecule has 1 amide bonds. The van der Waals surface area contributed by atoms with Crippen LogP contribution in [0.3, 0.4) is 0 Å². The second kappa shape index (κ2) is 17.1. The summed E-state index contributed by atoms with van der Waals surface area (Å²) in [5.41, 5.74) is 0.731. The molecular formula is C36H52N2O4Sn. The molecule has 0 aromatic heterocycles. The molecule has 0 spiro atoms. The second-order valence-electron chi connectivity index (χ2n) is 12.3. The number of unbranched alkanes of at least 4 members (excludes halogenated alkanes) is 4. The topological polar surface area (TPSA) is 76.0 Å². The van der Waals surface area contributed by atoms with Crippen LogP contribution in [0, 0.1) is 0 Å². The molecule has 43 heavy (non-hydrogen) atoms. The molecule has 1 aliphatic heterocycles. The fraction of sp³-hybridized carbons (Fsp3) is 0.556. The number of aliphatic imine (C=N–C) groups is 1. The first kappa shape index (κ1) is 35.0. The summed E-state index contributed by atoms with van der Waals surface area (Å²) < 4.78 is 11.6. The number of benzene rings is 2. The Kier molecular flexibility index (Phi) is 13.9. The van der Waals surface area contributed by atoms with Gasteiger partial charge in [-0.15, -0.1) is 0 Å². The molecule has 6 nitrogen and oxygen atoms in total. The number of nitrogens with zero attached hydrogens (tertiary/aromatic N) is 2. The number of carbonyl (C=O) groups is 3. The Morgan fingerprint density at radius 3 is 1.91 bits per heavy atom. The number of anilines is 1. The van der Waals surface area contributed by atoms with Gasteiger partial charge < -0.3 is 0 Å². The monoisotopic (exact) mass is 696 g/mol. The van der Waals surface area contributed by atoms with Gasteiger partial charge in [0.15, 0.2) is 0 Å². The van der Waals surface area contributed by atoms with Crippen molar-refractivity contribution in [1.29, 1.82) is 0 Å². The van der Waals surface area contributed by atoms with E-state index in [2.05, 4.69) is 45.0 Å². The molecule has 1 heterocycles. The molecule has 1 atom stereocenters. The van der Waals surface area contributed by atoms with Crippen LogP contribution >= 0.6 is 0 Å². The molecule has 3 rings (SSSR count). The molecule has 0 bridgehead atoms. The molecule has 7 heteroatoms. The summed E-state index contributed by atoms with van der Waals surface area (Å²) in [5.74, 6) is -0.467. The van der Waals surface area contributed by atoms with E-state index < -0.39 is 35.6 Å². The van der Waals surface area contributed by atoms with Crippen molar-refractivity contribution < 1.29 is 19.1 Å². The van der Waals surface area contributed by atoms with E-state index in [4.69, 9.17) is 9.73 Å². The standard InChI is InChI=1S/C24H25N2O4.3C4H9.Sn/c1-18(27)23(29)26(21-13-7-4-8-14-21)16-10-9-15-24(19(2)28)17-30-22(25-24)20-11-5-3-6-12-20;3*1-3-4-2;/h3,5-8,11-14H,9-10,15-17H2,1-2H3;3*1,3-4H2,2H3;. The van der Waals surface area contributed by atoms with Crippen LogP contribution in [0.25, 0.3) is 0 Å². The molecule has 1 aliphatic rings. The summed E-state index contributed by atoms with van der Waals surface area (Å²) in [7, 11) is 0. The maximum absolute atomic E-state index is 13.1. The van der Waals surface area contributed by atoms with Crippen molar-refractivity contribution in [3.63, 3.8) is 0 Å². The van der Waals surface area contributed by atoms with E-state index >= 15 is 0 Å². The Labute approximate surface area is 263 Å². The van der Waals surface area contributed by atoms with E-state index in [1.54, 1.807) is 15.4 Å². The zero-order valence-corrected chi connectivity index (χ0v) is 30.0. The van der Waals surface area contributed by atoms with E-state index in [1.165, 1.54) is 58.8 Å². The molecule has 0 saturated carbocycles. The summed E-state index contributed by atoms with van der Waals surface area (Å²) in [5, 5.41) is 0. The van der Waals surface area contributed by atoms with Crippen LogP contribution in [0.1, 0.15) is 98.0 Å². The molecular weight excluding hydrogens is 643 g/mol. The average molecular weight is 696 g/mol. The zero-order chi connectivity index (χ0) is 31.3. The van der Waals surface area contributed by atoms with Gasteiger partial charge in [0.1, 0.15) is 0 Å². The fourth-order valence-electron chi connectivity index (χ4n) is 6.23. The third-order valence-corrected chi connectivity index (χ3v) is 24.7. The molecule has 0 saturated heterocycles. The fourth-order valence-corrected chi connectivity index (χ4v) is 22.2. The van der Waals surface area contributed by atoms with Crippen LogP contribution in [0.15, 0.2) is 59.6 Å². The number of amides is 1. The van der Waals surface area contributed by atoms with Crippen molar-refractivity contribution in [3.05, 3.63) is 60.2 Å². The van der Waals surface area contributed by atoms with Crippen molar-refractivity contribution >= 4 is 51.0 Å². The van der Waals surface area contributed by atoms with Crippen LogP contribution in [0.5, 0.6) is 0 Å². The molecule has 234 valence electrons. The first-order valence-corrected chi connectivity index (χ1v) is 23.9. The van der Waals surface area contributed by atoms with Crippen LogP contribution in [0.2, 0.25) is 13.3 Å². The maximum atomic E-state index is 13.1. The van der Waals surface area contributed by atoms with Gasteiger partial charge in [-0.2, -0.15) is 0 Å². The predicted molar refractivity (Wildman–Crippen MR) is 180 cm³/mol. The van der Waals surface area contributed by atoms with Crippen molar-refractivity contribution in [1.82, 2.24) is 0 Å². The third-order valence-electron chi connectivity index (χ3n) is 9.03. The summed E-state index contributed by atoms with van der Waals surface area (Å²) in [6, 6.07) is 18.4. The first-order valence-electron chi connectivity index (χ1n) is 16.4. The predicted octanol–water partition coefficient (Wildman–Crippen LogP) is 7.64. The number of carbonyl (C=O) groups excluding carboxylic acids is 3. The molecule has 0 aliphatic carbocycles. The minimum atomic E-state index is -2.59. The molecule has 0 fully saturated rings. The first-order chi connectivity index (χ1) is 20.7. The van der Waals surface area contributed by atoms with Crippen LogP contribution < -0.4 is 8.48 Å². The van der Waals surface area contributed by atoms with Crippen molar-refractivity contribution in [2.75, 3.05) is 18.1 Å². The van der Waals surface area contributed by atoms with E-state index in [0.29, 0.717) is 31.7 Å². The Bertz CT molecular complexity index is 1210. The van der Waals surface area contributed by atoms with E-state index in [-0.39, 0.29) is 12.4 Å². The average Bonchev–Trinajstić information content (AvgIpc) is 3.47. The molecule has 0 radical (unpaired) electrons. The number of ether oxygens (including phenoxy) is 1. The van der Waals surface area contributed by atoms with E-state index in [9.17, 15) is 14.4 Å². The quantitative estimate of drug-likeness (QED) is 0.0861. The van der Waals surface area contributed by atoms with Crippen molar-refractivity contribution in [2.45, 2.75) is 111 Å². The van der Waals surface area contributed by atoms with Gasteiger partial charge in [0.25, 0.3) is 0 Å². The molecule has 2 aromatic carbocycles. The summed E-state index contributed by atoms with van der Waals surface area (Å²) in [6.07, 6.45) is 9.43. The Hall–Kier alpha value is -2.48. The summed E-state index contributed by atoms with van der Waals surface area (Å²) in [6.45, 7) is 10.4. The Morgan fingerprint density at radius 2 is 1.40 bits per heavy atom. The summed E-state index contributed by atoms with van der Waals surface area (Å²) >= 11 is -2.59. The van der Waals surface area contributed by atoms with Gasteiger partial charge in [-0.05, 0) is 12.1 Å². The van der Waals surface area contributed by atoms with Crippen molar-refractivity contribution in [2.24, 2.45) is 4.99 Å². The minimum absolute atomic E-state index is 0.0188. The van der Waals surface area contributed by atoms with E-state index in [1.807, 2.05) is 30.3 Å². The number of rotatable bonds is 19. The summed E-state index contributed by atoms with van der Waals surface area (Å²) in [4.78, 5) is 44.4. The van der Waals surface area contributed by atoms with Crippen LogP contribution in [-0.4, -0.2) is 60.4 Å². The number of hydrogen-bond donors (Lipinski definition) is 0. The van der Waals surface area contributed by atoms with Gasteiger partial charge in [-0.3, -0.25) is 0 Å². The van der Waals surface area contributed by atoms with Gasteiger partial charge in [-0.1, -0.05) is 18.2 Å². The number of hydrogen-bond acceptors (Lipinski definition) is 5. The van der Waals surface area contributed by atoms with Gasteiger partial charge >= 0.3 is 229 Å². The third kappa shape index (κ3) is 9.26. The molecule has 1 unspecified atom stereocenters. The van der Waals surface area contributed by atoms with Gasteiger partial charge in [0.2, 0.25) is 0 Å². The molecule has 2 aromatic rings. The molecule has 0 N–H and O–H groups in total. The van der Waals surface area contributed by atoms with E-state index in [0.717, 1.165) is 11.3 Å². The normalized spacial score (nSPS) is 16.4.